The standard InChI is InChI=1S/C13H23N3O/c1-3-8-14-12(4-2)7-5-10-16-11-6-9-15-13(16)17/h6,9,11-12,14H,3-5,7-8,10H2,1-2H3. The Morgan fingerprint density at radius 3 is 2.94 bits per heavy atom. The third kappa shape index (κ3) is 5.13. The van der Waals surface area contributed by atoms with Gasteiger partial charge in [0.05, 0.1) is 0 Å². The number of nitrogens with one attached hydrogen (secondary N) is 1. The van der Waals surface area contributed by atoms with E-state index in [4.69, 9.17) is 0 Å². The van der Waals surface area contributed by atoms with Crippen molar-refractivity contribution in [2.75, 3.05) is 6.54 Å². The molecular weight excluding hydrogens is 214 g/mol. The first-order valence-electron chi connectivity index (χ1n) is 6.52. The van der Waals surface area contributed by atoms with Crippen molar-refractivity contribution >= 4 is 0 Å². The van der Waals surface area contributed by atoms with Crippen LogP contribution in [0.25, 0.3) is 0 Å². The number of aryl methyl sites for hydroxylation is 1. The smallest absolute Gasteiger partial charge is 0.314 e. The molecule has 96 valence electrons. The molecule has 1 aromatic rings. The predicted octanol–water partition coefficient (Wildman–Crippen LogP) is 1.80. The maximum Gasteiger partial charge on any atom is 0.347 e. The van der Waals surface area contributed by atoms with Gasteiger partial charge in [-0.25, -0.2) is 9.78 Å². The first-order valence-corrected chi connectivity index (χ1v) is 6.52. The Morgan fingerprint density at radius 1 is 1.47 bits per heavy atom. The van der Waals surface area contributed by atoms with Gasteiger partial charge in [-0.1, -0.05) is 13.8 Å². The van der Waals surface area contributed by atoms with Crippen LogP contribution in [0, 0.1) is 0 Å². The molecule has 4 nitrogen and oxygen atoms in total. The van der Waals surface area contributed by atoms with Crippen LogP contribution in [0.1, 0.15) is 39.5 Å². The van der Waals surface area contributed by atoms with Gasteiger partial charge in [-0.05, 0) is 38.3 Å². The van der Waals surface area contributed by atoms with Crippen LogP contribution in [0.4, 0.5) is 0 Å². The van der Waals surface area contributed by atoms with Crippen LogP contribution in [-0.2, 0) is 6.54 Å². The summed E-state index contributed by atoms with van der Waals surface area (Å²) in [7, 11) is 0. The molecule has 0 aliphatic heterocycles. The van der Waals surface area contributed by atoms with Crippen LogP contribution in [0.15, 0.2) is 23.3 Å². The van der Waals surface area contributed by atoms with E-state index >= 15 is 0 Å². The van der Waals surface area contributed by atoms with Gasteiger partial charge in [0.15, 0.2) is 0 Å². The lowest BCUT2D eigenvalue weighted by atomic mass is 10.1. The van der Waals surface area contributed by atoms with Crippen molar-refractivity contribution in [2.45, 2.75) is 52.1 Å². The third-order valence-electron chi connectivity index (χ3n) is 2.91. The zero-order valence-electron chi connectivity index (χ0n) is 10.9. The average Bonchev–Trinajstić information content (AvgIpc) is 2.35. The lowest BCUT2D eigenvalue weighted by Gasteiger charge is -2.16. The van der Waals surface area contributed by atoms with E-state index in [0.29, 0.717) is 6.04 Å². The van der Waals surface area contributed by atoms with E-state index in [1.54, 1.807) is 16.8 Å². The van der Waals surface area contributed by atoms with Crippen LogP contribution < -0.4 is 11.0 Å². The molecule has 4 heteroatoms. The highest BCUT2D eigenvalue weighted by Crippen LogP contribution is 2.02. The van der Waals surface area contributed by atoms with Crippen molar-refractivity contribution < 1.29 is 0 Å². The third-order valence-corrected chi connectivity index (χ3v) is 2.91. The number of rotatable bonds is 8. The van der Waals surface area contributed by atoms with E-state index in [2.05, 4.69) is 24.1 Å². The molecule has 0 saturated heterocycles. The van der Waals surface area contributed by atoms with Crippen molar-refractivity contribution in [2.24, 2.45) is 0 Å². The highest BCUT2D eigenvalue weighted by molar-refractivity contribution is 4.80. The van der Waals surface area contributed by atoms with Gasteiger partial charge in [0.2, 0.25) is 0 Å². The van der Waals surface area contributed by atoms with Crippen molar-refractivity contribution in [3.63, 3.8) is 0 Å². The molecule has 17 heavy (non-hydrogen) atoms. The number of hydrogen-bond acceptors (Lipinski definition) is 3. The predicted molar refractivity (Wildman–Crippen MR) is 70.1 cm³/mol. The minimum Gasteiger partial charge on any atom is -0.314 e. The van der Waals surface area contributed by atoms with Gasteiger partial charge in [-0.2, -0.15) is 0 Å². The largest absolute Gasteiger partial charge is 0.347 e. The molecule has 0 fully saturated rings. The Morgan fingerprint density at radius 2 is 2.29 bits per heavy atom. The second-order valence-corrected chi connectivity index (χ2v) is 4.30. The first-order chi connectivity index (χ1) is 8.27. The Kier molecular flexibility index (Phi) is 6.55. The Hall–Kier alpha value is -1.16. The number of nitrogens with zero attached hydrogens (tertiary/aromatic N) is 2. The molecule has 1 N–H and O–H groups in total. The van der Waals surface area contributed by atoms with Crippen LogP contribution in [0.2, 0.25) is 0 Å². The normalized spacial score (nSPS) is 12.6. The van der Waals surface area contributed by atoms with Crippen LogP contribution >= 0.6 is 0 Å². The average molecular weight is 237 g/mol. The molecule has 1 aromatic heterocycles. The first kappa shape index (κ1) is 13.9. The zero-order valence-corrected chi connectivity index (χ0v) is 10.9. The monoisotopic (exact) mass is 237 g/mol. The quantitative estimate of drug-likeness (QED) is 0.750. The Labute approximate surface area is 103 Å². The molecule has 1 unspecified atom stereocenters. The topological polar surface area (TPSA) is 46.9 Å². The van der Waals surface area contributed by atoms with E-state index in [0.717, 1.165) is 32.4 Å². The summed E-state index contributed by atoms with van der Waals surface area (Å²) in [6.45, 7) is 6.21. The van der Waals surface area contributed by atoms with Gasteiger partial charge in [0, 0.05) is 25.0 Å². The summed E-state index contributed by atoms with van der Waals surface area (Å²) in [4.78, 5) is 15.1. The van der Waals surface area contributed by atoms with Crippen molar-refractivity contribution in [3.8, 4) is 0 Å². The number of hydrogen-bond donors (Lipinski definition) is 1. The van der Waals surface area contributed by atoms with Gasteiger partial charge in [-0.15, -0.1) is 0 Å². The molecule has 1 heterocycles. The highest BCUT2D eigenvalue weighted by atomic mass is 16.1. The summed E-state index contributed by atoms with van der Waals surface area (Å²) in [5.74, 6) is 0. The fraction of sp³-hybridized carbons (Fsp3) is 0.692. The second-order valence-electron chi connectivity index (χ2n) is 4.30. The summed E-state index contributed by atoms with van der Waals surface area (Å²) in [6.07, 6.45) is 7.77. The SMILES string of the molecule is CCCNC(CC)CCCn1cccnc1=O. The maximum absolute atomic E-state index is 11.4. The lowest BCUT2D eigenvalue weighted by molar-refractivity contribution is 0.436. The van der Waals surface area contributed by atoms with Gasteiger partial charge < -0.3 is 5.32 Å². The van der Waals surface area contributed by atoms with Gasteiger partial charge >= 0.3 is 5.69 Å². The summed E-state index contributed by atoms with van der Waals surface area (Å²) in [5.41, 5.74) is -0.151. The minimum atomic E-state index is -0.151. The molecule has 0 radical (unpaired) electrons. The number of aromatic nitrogens is 2. The molecule has 1 rings (SSSR count). The summed E-state index contributed by atoms with van der Waals surface area (Å²) in [6, 6.07) is 2.37. The lowest BCUT2D eigenvalue weighted by Crippen LogP contribution is -2.30. The molecule has 0 aliphatic rings. The van der Waals surface area contributed by atoms with E-state index in [1.165, 1.54) is 12.6 Å². The zero-order chi connectivity index (χ0) is 12.5. The van der Waals surface area contributed by atoms with E-state index in [-0.39, 0.29) is 5.69 Å². The van der Waals surface area contributed by atoms with E-state index in [1.807, 2.05) is 0 Å². The van der Waals surface area contributed by atoms with E-state index in [9.17, 15) is 4.79 Å². The fourth-order valence-corrected chi connectivity index (χ4v) is 1.86. The van der Waals surface area contributed by atoms with E-state index < -0.39 is 0 Å². The summed E-state index contributed by atoms with van der Waals surface area (Å²) >= 11 is 0. The highest BCUT2D eigenvalue weighted by Gasteiger charge is 2.04. The minimum absolute atomic E-state index is 0.151. The molecular formula is C13H23N3O. The fourth-order valence-electron chi connectivity index (χ4n) is 1.86. The van der Waals surface area contributed by atoms with Crippen molar-refractivity contribution in [3.05, 3.63) is 28.9 Å². The van der Waals surface area contributed by atoms with Crippen molar-refractivity contribution in [1.82, 2.24) is 14.9 Å². The Bertz CT molecular complexity index is 362. The molecule has 0 aliphatic carbocycles. The van der Waals surface area contributed by atoms with Gasteiger partial charge in [0.25, 0.3) is 0 Å². The van der Waals surface area contributed by atoms with Gasteiger partial charge in [-0.3, -0.25) is 4.57 Å². The van der Waals surface area contributed by atoms with Crippen LogP contribution in [0.3, 0.4) is 0 Å². The van der Waals surface area contributed by atoms with Gasteiger partial charge in [0.1, 0.15) is 0 Å². The Balaban J connectivity index is 2.31. The van der Waals surface area contributed by atoms with Crippen LogP contribution in [0.5, 0.6) is 0 Å². The molecule has 1 atom stereocenters. The van der Waals surface area contributed by atoms with Crippen molar-refractivity contribution in [1.29, 1.82) is 0 Å². The molecule has 0 aromatic carbocycles. The second kappa shape index (κ2) is 8.01. The maximum atomic E-state index is 11.4. The molecule has 0 saturated carbocycles. The molecule has 0 amide bonds. The summed E-state index contributed by atoms with van der Waals surface area (Å²) in [5, 5.41) is 3.52. The molecule has 0 spiro atoms. The molecule has 0 bridgehead atoms. The summed E-state index contributed by atoms with van der Waals surface area (Å²) < 4.78 is 1.67. The van der Waals surface area contributed by atoms with Crippen LogP contribution in [-0.4, -0.2) is 22.1 Å².